The number of nitrogens with zero attached hydrogens (tertiary/aromatic N) is 1. The first-order chi connectivity index (χ1) is 12.9. The highest BCUT2D eigenvalue weighted by molar-refractivity contribution is 5.95. The molecular formula is C22H24F2N2O. The number of fused-ring (bicyclic) bond motifs is 2. The van der Waals surface area contributed by atoms with Crippen LogP contribution < -0.4 is 5.32 Å². The zero-order valence-corrected chi connectivity index (χ0v) is 15.6. The van der Waals surface area contributed by atoms with Crippen LogP contribution in [0.3, 0.4) is 0 Å². The largest absolute Gasteiger partial charge is 0.339 e. The molecule has 0 aromatic heterocycles. The minimum Gasteiger partial charge on any atom is -0.339 e. The van der Waals surface area contributed by atoms with Crippen molar-refractivity contribution in [2.75, 3.05) is 7.05 Å². The maximum atomic E-state index is 14.7. The third-order valence-electron chi connectivity index (χ3n) is 6.01. The molecule has 1 N–H and O–H groups in total. The van der Waals surface area contributed by atoms with Gasteiger partial charge in [0.25, 0.3) is 5.91 Å². The molecule has 3 nitrogen and oxygen atoms in total. The van der Waals surface area contributed by atoms with Gasteiger partial charge in [-0.15, -0.1) is 0 Å². The fraction of sp³-hybridized carbons (Fsp3) is 0.409. The van der Waals surface area contributed by atoms with Gasteiger partial charge in [0, 0.05) is 36.3 Å². The van der Waals surface area contributed by atoms with Crippen molar-refractivity contribution in [2.45, 2.75) is 50.7 Å². The van der Waals surface area contributed by atoms with Crippen molar-refractivity contribution >= 4 is 5.91 Å². The summed E-state index contributed by atoms with van der Waals surface area (Å²) in [6, 6.07) is 10.0. The van der Waals surface area contributed by atoms with Crippen LogP contribution in [-0.2, 0) is 0 Å². The van der Waals surface area contributed by atoms with Crippen LogP contribution in [-0.4, -0.2) is 36.0 Å². The number of carbonyl (C=O) groups is 1. The second kappa shape index (κ2) is 7.04. The fourth-order valence-corrected chi connectivity index (χ4v) is 4.51. The minimum absolute atomic E-state index is 0.150. The summed E-state index contributed by atoms with van der Waals surface area (Å²) in [5.41, 5.74) is 2.03. The Morgan fingerprint density at radius 3 is 2.33 bits per heavy atom. The SMILES string of the molecule is Cc1cc(F)ccc1-c1ccc(C(=O)N(C)C2CC3CCC(C2)N3)cc1F. The summed E-state index contributed by atoms with van der Waals surface area (Å²) in [6.45, 7) is 1.75. The second-order valence-electron chi connectivity index (χ2n) is 7.83. The van der Waals surface area contributed by atoms with E-state index in [0.717, 1.165) is 12.8 Å². The lowest BCUT2D eigenvalue weighted by molar-refractivity contribution is 0.0681. The summed E-state index contributed by atoms with van der Waals surface area (Å²) < 4.78 is 28.1. The predicted octanol–water partition coefficient (Wildman–Crippen LogP) is 4.30. The fourth-order valence-electron chi connectivity index (χ4n) is 4.51. The topological polar surface area (TPSA) is 32.3 Å². The molecule has 2 aromatic carbocycles. The number of carbonyl (C=O) groups excluding carboxylic acids is 1. The summed E-state index contributed by atoms with van der Waals surface area (Å²) >= 11 is 0. The lowest BCUT2D eigenvalue weighted by atomic mass is 9.96. The zero-order valence-electron chi connectivity index (χ0n) is 15.6. The molecule has 142 valence electrons. The van der Waals surface area contributed by atoms with Gasteiger partial charge in [-0.1, -0.05) is 12.1 Å². The molecule has 2 unspecified atom stereocenters. The van der Waals surface area contributed by atoms with E-state index in [1.807, 2.05) is 7.05 Å². The highest BCUT2D eigenvalue weighted by Crippen LogP contribution is 2.31. The molecule has 2 heterocycles. The monoisotopic (exact) mass is 370 g/mol. The average Bonchev–Trinajstić information content (AvgIpc) is 2.99. The Morgan fingerprint density at radius 2 is 1.70 bits per heavy atom. The third kappa shape index (κ3) is 3.48. The van der Waals surface area contributed by atoms with Gasteiger partial charge in [0.2, 0.25) is 0 Å². The molecule has 2 atom stereocenters. The third-order valence-corrected chi connectivity index (χ3v) is 6.01. The van der Waals surface area contributed by atoms with Crippen molar-refractivity contribution in [3.63, 3.8) is 0 Å². The van der Waals surface area contributed by atoms with Crippen molar-refractivity contribution in [2.24, 2.45) is 0 Å². The first-order valence-electron chi connectivity index (χ1n) is 9.51. The van der Waals surface area contributed by atoms with E-state index >= 15 is 0 Å². The van der Waals surface area contributed by atoms with Crippen LogP contribution in [0, 0.1) is 18.6 Å². The number of halogens is 2. The molecule has 27 heavy (non-hydrogen) atoms. The average molecular weight is 370 g/mol. The van der Waals surface area contributed by atoms with E-state index in [1.165, 1.54) is 31.0 Å². The molecule has 2 aliphatic rings. The molecule has 2 aliphatic heterocycles. The molecule has 0 spiro atoms. The molecule has 0 radical (unpaired) electrons. The molecular weight excluding hydrogens is 346 g/mol. The van der Waals surface area contributed by atoms with Gasteiger partial charge in [-0.25, -0.2) is 8.78 Å². The first kappa shape index (κ1) is 18.1. The number of hydrogen-bond acceptors (Lipinski definition) is 2. The highest BCUT2D eigenvalue weighted by Gasteiger charge is 2.36. The van der Waals surface area contributed by atoms with Crippen LogP contribution in [0.2, 0.25) is 0 Å². The van der Waals surface area contributed by atoms with E-state index in [1.54, 1.807) is 30.0 Å². The maximum Gasteiger partial charge on any atom is 0.253 e. The molecule has 1 amide bonds. The molecule has 4 rings (SSSR count). The number of amides is 1. The van der Waals surface area contributed by atoms with Crippen molar-refractivity contribution in [1.29, 1.82) is 0 Å². The van der Waals surface area contributed by atoms with Gasteiger partial charge >= 0.3 is 0 Å². The number of benzene rings is 2. The van der Waals surface area contributed by atoms with Gasteiger partial charge in [-0.2, -0.15) is 0 Å². The van der Waals surface area contributed by atoms with E-state index in [0.29, 0.717) is 34.3 Å². The van der Waals surface area contributed by atoms with E-state index in [4.69, 9.17) is 0 Å². The Balaban J connectivity index is 1.55. The lowest BCUT2D eigenvalue weighted by Gasteiger charge is -2.35. The van der Waals surface area contributed by atoms with Crippen LogP contribution in [0.25, 0.3) is 11.1 Å². The number of aryl methyl sites for hydroxylation is 1. The predicted molar refractivity (Wildman–Crippen MR) is 102 cm³/mol. The summed E-state index contributed by atoms with van der Waals surface area (Å²) in [6.07, 6.45) is 4.25. The molecule has 2 fully saturated rings. The summed E-state index contributed by atoms with van der Waals surface area (Å²) in [5.74, 6) is -0.960. The van der Waals surface area contributed by atoms with Crippen molar-refractivity contribution < 1.29 is 13.6 Å². The molecule has 0 aliphatic carbocycles. The zero-order chi connectivity index (χ0) is 19.1. The van der Waals surface area contributed by atoms with Crippen molar-refractivity contribution in [1.82, 2.24) is 10.2 Å². The molecule has 0 saturated carbocycles. The molecule has 5 heteroatoms. The molecule has 2 bridgehead atoms. The van der Waals surface area contributed by atoms with Crippen LogP contribution in [0.1, 0.15) is 41.6 Å². The lowest BCUT2D eigenvalue weighted by Crippen LogP contribution is -2.48. The van der Waals surface area contributed by atoms with Gasteiger partial charge in [0.15, 0.2) is 0 Å². The number of piperidine rings is 1. The summed E-state index contributed by atoms with van der Waals surface area (Å²) in [7, 11) is 1.81. The molecule has 2 aromatic rings. The second-order valence-corrected chi connectivity index (χ2v) is 7.83. The van der Waals surface area contributed by atoms with Gasteiger partial charge in [0.05, 0.1) is 0 Å². The van der Waals surface area contributed by atoms with E-state index in [9.17, 15) is 13.6 Å². The van der Waals surface area contributed by atoms with Gasteiger partial charge in [-0.05, 0) is 68.0 Å². The molecule has 2 saturated heterocycles. The Kier molecular flexibility index (Phi) is 4.72. The highest BCUT2D eigenvalue weighted by atomic mass is 19.1. The van der Waals surface area contributed by atoms with Gasteiger partial charge in [0.1, 0.15) is 11.6 Å². The minimum atomic E-state index is -0.464. The standard InChI is InChI=1S/C22H24F2N2O/c1-13-9-15(23)4-8-19(13)20-7-3-14(10-21(20)24)22(27)26(2)18-11-16-5-6-17(12-18)25-16/h3-4,7-10,16-18,25H,5-6,11-12H2,1-2H3. The quantitative estimate of drug-likeness (QED) is 0.874. The van der Waals surface area contributed by atoms with E-state index in [2.05, 4.69) is 5.32 Å². The Bertz CT molecular complexity index is 871. The Hall–Kier alpha value is -2.27. The first-order valence-corrected chi connectivity index (χ1v) is 9.51. The van der Waals surface area contributed by atoms with Crippen LogP contribution in [0.5, 0.6) is 0 Å². The van der Waals surface area contributed by atoms with Crippen LogP contribution in [0.15, 0.2) is 36.4 Å². The Morgan fingerprint density at radius 1 is 1.04 bits per heavy atom. The Labute approximate surface area is 158 Å². The van der Waals surface area contributed by atoms with Crippen LogP contribution >= 0.6 is 0 Å². The smallest absolute Gasteiger partial charge is 0.253 e. The number of hydrogen-bond donors (Lipinski definition) is 1. The summed E-state index contributed by atoms with van der Waals surface area (Å²) in [4.78, 5) is 14.6. The van der Waals surface area contributed by atoms with Gasteiger partial charge in [-0.3, -0.25) is 4.79 Å². The summed E-state index contributed by atoms with van der Waals surface area (Å²) in [5, 5.41) is 3.57. The normalized spacial score (nSPS) is 24.1. The van der Waals surface area contributed by atoms with Crippen LogP contribution in [0.4, 0.5) is 8.78 Å². The maximum absolute atomic E-state index is 14.7. The van der Waals surface area contributed by atoms with Gasteiger partial charge < -0.3 is 10.2 Å². The number of rotatable bonds is 3. The van der Waals surface area contributed by atoms with E-state index in [-0.39, 0.29) is 17.8 Å². The van der Waals surface area contributed by atoms with E-state index < -0.39 is 5.82 Å². The van der Waals surface area contributed by atoms with Crippen molar-refractivity contribution in [3.8, 4) is 11.1 Å². The van der Waals surface area contributed by atoms with Crippen molar-refractivity contribution in [3.05, 3.63) is 59.2 Å². The number of nitrogens with one attached hydrogen (secondary N) is 1.